The lowest BCUT2D eigenvalue weighted by Crippen LogP contribution is -2.20. The van der Waals surface area contributed by atoms with Gasteiger partial charge in [-0.2, -0.15) is 24.9 Å². The van der Waals surface area contributed by atoms with Crippen LogP contribution in [0.5, 0.6) is 0 Å². The Hall–Kier alpha value is -0.680. The van der Waals surface area contributed by atoms with E-state index in [-0.39, 0.29) is 6.04 Å². The summed E-state index contributed by atoms with van der Waals surface area (Å²) < 4.78 is 38.0. The molecule has 0 aliphatic rings. The van der Waals surface area contributed by atoms with Gasteiger partial charge in [0, 0.05) is 6.04 Å². The first-order valence-corrected chi connectivity index (χ1v) is 8.74. The molecule has 1 rings (SSSR count). The van der Waals surface area contributed by atoms with Crippen molar-refractivity contribution in [2.45, 2.75) is 44.8 Å². The van der Waals surface area contributed by atoms with Crippen LogP contribution in [0.25, 0.3) is 0 Å². The second-order valence-corrected chi connectivity index (χ2v) is 6.19. The minimum absolute atomic E-state index is 0.0569. The molecule has 21 heavy (non-hydrogen) atoms. The normalized spacial score (nSPS) is 13.4. The average molecular weight is 319 g/mol. The number of alkyl halides is 3. The van der Waals surface area contributed by atoms with Crippen molar-refractivity contribution in [3.63, 3.8) is 0 Å². The van der Waals surface area contributed by atoms with Crippen molar-refractivity contribution < 1.29 is 13.2 Å². The van der Waals surface area contributed by atoms with Gasteiger partial charge < -0.3 is 5.32 Å². The van der Waals surface area contributed by atoms with Gasteiger partial charge in [-0.25, -0.2) is 0 Å². The molecule has 0 fully saturated rings. The molecular formula is C16H24F3NS. The summed E-state index contributed by atoms with van der Waals surface area (Å²) >= 11 is 1.86. The second-order valence-electron chi connectivity index (χ2n) is 5.21. The zero-order valence-electron chi connectivity index (χ0n) is 12.7. The summed E-state index contributed by atoms with van der Waals surface area (Å²) in [6.45, 7) is 2.75. The summed E-state index contributed by atoms with van der Waals surface area (Å²) in [4.78, 5) is 0. The summed E-state index contributed by atoms with van der Waals surface area (Å²) in [5.41, 5.74) is 0.109. The molecule has 1 aromatic rings. The third kappa shape index (κ3) is 7.23. The summed E-state index contributed by atoms with van der Waals surface area (Å²) in [5, 5.41) is 3.30. The molecule has 0 saturated carbocycles. The Morgan fingerprint density at radius 1 is 1.14 bits per heavy atom. The summed E-state index contributed by atoms with van der Waals surface area (Å²) in [6.07, 6.45) is 2.54. The fraction of sp³-hybridized carbons (Fsp3) is 0.625. The van der Waals surface area contributed by atoms with Gasteiger partial charge in [-0.05, 0) is 56.0 Å². The highest BCUT2D eigenvalue weighted by Crippen LogP contribution is 2.30. The third-order valence-corrected chi connectivity index (χ3v) is 4.14. The van der Waals surface area contributed by atoms with Crippen molar-refractivity contribution in [1.29, 1.82) is 0 Å². The number of benzene rings is 1. The fourth-order valence-electron chi connectivity index (χ4n) is 2.15. The maximum absolute atomic E-state index is 12.7. The maximum Gasteiger partial charge on any atom is 0.416 e. The van der Waals surface area contributed by atoms with Crippen molar-refractivity contribution in [3.05, 3.63) is 35.4 Å². The molecule has 0 radical (unpaired) electrons. The maximum atomic E-state index is 12.7. The van der Waals surface area contributed by atoms with Crippen molar-refractivity contribution >= 4 is 11.8 Å². The van der Waals surface area contributed by atoms with E-state index in [1.807, 2.05) is 18.7 Å². The Morgan fingerprint density at radius 2 is 1.86 bits per heavy atom. The van der Waals surface area contributed by atoms with Crippen molar-refractivity contribution in [2.75, 3.05) is 18.6 Å². The molecule has 0 aromatic heterocycles. The quantitative estimate of drug-likeness (QED) is 0.622. The van der Waals surface area contributed by atoms with Crippen LogP contribution in [0.4, 0.5) is 13.2 Å². The number of rotatable bonds is 9. The van der Waals surface area contributed by atoms with Gasteiger partial charge >= 0.3 is 6.18 Å². The van der Waals surface area contributed by atoms with Crippen LogP contribution in [0.15, 0.2) is 24.3 Å². The SMILES string of the molecule is CSCCCCCCNC(C)c1cccc(C(F)(F)F)c1. The van der Waals surface area contributed by atoms with Crippen molar-refractivity contribution in [1.82, 2.24) is 5.32 Å². The van der Waals surface area contributed by atoms with E-state index in [9.17, 15) is 13.2 Å². The lowest BCUT2D eigenvalue weighted by Gasteiger charge is -2.16. The molecular weight excluding hydrogens is 295 g/mol. The van der Waals surface area contributed by atoms with Gasteiger partial charge in [-0.3, -0.25) is 0 Å². The van der Waals surface area contributed by atoms with Gasteiger partial charge in [0.2, 0.25) is 0 Å². The molecule has 0 aliphatic heterocycles. The van der Waals surface area contributed by atoms with Crippen LogP contribution in [-0.2, 0) is 6.18 Å². The minimum atomic E-state index is -4.27. The summed E-state index contributed by atoms with van der Waals surface area (Å²) in [6, 6.07) is 5.50. The zero-order chi connectivity index (χ0) is 15.7. The molecule has 1 aromatic carbocycles. The Balaban J connectivity index is 2.34. The number of hydrogen-bond donors (Lipinski definition) is 1. The smallest absolute Gasteiger partial charge is 0.310 e. The van der Waals surface area contributed by atoms with Crippen LogP contribution in [-0.4, -0.2) is 18.6 Å². The van der Waals surface area contributed by atoms with Gasteiger partial charge in [0.1, 0.15) is 0 Å². The predicted molar refractivity (Wildman–Crippen MR) is 84.7 cm³/mol. The molecule has 0 aliphatic carbocycles. The summed E-state index contributed by atoms with van der Waals surface area (Å²) in [7, 11) is 0. The second kappa shape index (κ2) is 9.36. The van der Waals surface area contributed by atoms with Crippen LogP contribution >= 0.6 is 11.8 Å². The number of unbranched alkanes of at least 4 members (excludes halogenated alkanes) is 3. The van der Waals surface area contributed by atoms with E-state index < -0.39 is 11.7 Å². The van der Waals surface area contributed by atoms with Crippen LogP contribution in [0, 0.1) is 0 Å². The molecule has 0 saturated heterocycles. The van der Waals surface area contributed by atoms with Gasteiger partial charge in [0.05, 0.1) is 5.56 Å². The highest BCUT2D eigenvalue weighted by molar-refractivity contribution is 7.98. The van der Waals surface area contributed by atoms with Crippen molar-refractivity contribution in [2.24, 2.45) is 0 Å². The molecule has 0 bridgehead atoms. The lowest BCUT2D eigenvalue weighted by molar-refractivity contribution is -0.137. The number of nitrogens with one attached hydrogen (secondary N) is 1. The predicted octanol–water partition coefficient (Wildman–Crippen LogP) is 5.28. The lowest BCUT2D eigenvalue weighted by atomic mass is 10.0. The van der Waals surface area contributed by atoms with Crippen LogP contribution < -0.4 is 5.32 Å². The Kier molecular flexibility index (Phi) is 8.19. The third-order valence-electron chi connectivity index (χ3n) is 3.44. The minimum Gasteiger partial charge on any atom is -0.310 e. The van der Waals surface area contributed by atoms with E-state index >= 15 is 0 Å². The number of hydrogen-bond acceptors (Lipinski definition) is 2. The van der Waals surface area contributed by atoms with E-state index in [1.54, 1.807) is 6.07 Å². The van der Waals surface area contributed by atoms with E-state index in [1.165, 1.54) is 37.1 Å². The molecule has 1 atom stereocenters. The Morgan fingerprint density at radius 3 is 2.52 bits per heavy atom. The largest absolute Gasteiger partial charge is 0.416 e. The average Bonchev–Trinajstić information content (AvgIpc) is 2.45. The standard InChI is InChI=1S/C16H24F3NS/c1-13(20-10-5-3-4-6-11-21-2)14-8-7-9-15(12-14)16(17,18)19/h7-9,12-13,20H,3-6,10-11H2,1-2H3. The molecule has 5 heteroatoms. The molecule has 0 heterocycles. The highest BCUT2D eigenvalue weighted by atomic mass is 32.2. The monoisotopic (exact) mass is 319 g/mol. The fourth-order valence-corrected chi connectivity index (χ4v) is 2.64. The van der Waals surface area contributed by atoms with Gasteiger partial charge in [-0.15, -0.1) is 0 Å². The van der Waals surface area contributed by atoms with Gasteiger partial charge in [-0.1, -0.05) is 25.0 Å². The molecule has 120 valence electrons. The zero-order valence-corrected chi connectivity index (χ0v) is 13.5. The van der Waals surface area contributed by atoms with E-state index in [0.717, 1.165) is 19.0 Å². The van der Waals surface area contributed by atoms with Gasteiger partial charge in [0.25, 0.3) is 0 Å². The first-order valence-electron chi connectivity index (χ1n) is 7.34. The van der Waals surface area contributed by atoms with Crippen molar-refractivity contribution in [3.8, 4) is 0 Å². The molecule has 1 unspecified atom stereocenters. The van der Waals surface area contributed by atoms with E-state index in [2.05, 4.69) is 11.6 Å². The van der Waals surface area contributed by atoms with Crippen LogP contribution in [0.2, 0.25) is 0 Å². The van der Waals surface area contributed by atoms with Gasteiger partial charge in [0.15, 0.2) is 0 Å². The number of thioether (sulfide) groups is 1. The van der Waals surface area contributed by atoms with E-state index in [0.29, 0.717) is 5.56 Å². The number of halogens is 3. The molecule has 0 amide bonds. The Labute approximate surface area is 129 Å². The summed E-state index contributed by atoms with van der Waals surface area (Å²) in [5.74, 6) is 1.20. The first-order chi connectivity index (χ1) is 9.95. The van der Waals surface area contributed by atoms with Crippen LogP contribution in [0.1, 0.15) is 49.8 Å². The van der Waals surface area contributed by atoms with Crippen LogP contribution in [0.3, 0.4) is 0 Å². The molecule has 1 N–H and O–H groups in total. The van der Waals surface area contributed by atoms with E-state index in [4.69, 9.17) is 0 Å². The Bertz CT molecular complexity index is 407. The highest BCUT2D eigenvalue weighted by Gasteiger charge is 2.30. The topological polar surface area (TPSA) is 12.0 Å². The molecule has 0 spiro atoms. The first kappa shape index (κ1) is 18.4. The molecule has 1 nitrogen and oxygen atoms in total.